The number of fused-ring (bicyclic) bond motifs is 4. The average molecular weight is 800 g/mol. The fourth-order valence-corrected chi connectivity index (χ4v) is 11.9. The molecule has 1 heteroatoms. The fraction of sp³-hybridized carbons (Fsp3) is 0.180. The zero-order chi connectivity index (χ0) is 41.7. The molecule has 1 nitrogen and oxygen atoms in total. The molecule has 0 heterocycles. The summed E-state index contributed by atoms with van der Waals surface area (Å²) in [5, 5.41) is 2.72. The lowest BCUT2D eigenvalue weighted by Crippen LogP contribution is -2.40. The summed E-state index contributed by atoms with van der Waals surface area (Å²) in [6.07, 6.45) is 13.7. The van der Waals surface area contributed by atoms with Crippen LogP contribution in [-0.2, 0) is 5.41 Å². The molecule has 62 heavy (non-hydrogen) atoms. The highest BCUT2D eigenvalue weighted by atomic mass is 15.2. The van der Waals surface area contributed by atoms with E-state index in [1.807, 2.05) is 0 Å². The van der Waals surface area contributed by atoms with Crippen LogP contribution in [0.2, 0.25) is 0 Å². The Morgan fingerprint density at radius 2 is 1.02 bits per heavy atom. The quantitative estimate of drug-likeness (QED) is 0.148. The number of hydrogen-bond acceptors (Lipinski definition) is 1. The Morgan fingerprint density at radius 1 is 0.468 bits per heavy atom. The molecule has 3 atom stereocenters. The van der Waals surface area contributed by atoms with Crippen molar-refractivity contribution in [2.45, 2.75) is 63.2 Å². The number of para-hydroxylation sites is 3. The number of allylic oxidation sites excluding steroid dienone is 4. The van der Waals surface area contributed by atoms with Crippen LogP contribution in [-0.4, -0.2) is 0 Å². The maximum Gasteiger partial charge on any atom is 0.0540 e. The third-order valence-electron chi connectivity index (χ3n) is 15.0. The lowest BCUT2D eigenvalue weighted by atomic mass is 9.56. The average Bonchev–Trinajstić information content (AvgIpc) is 3.56. The molecule has 11 rings (SSSR count). The molecule has 1 fully saturated rings. The van der Waals surface area contributed by atoms with Crippen molar-refractivity contribution in [2.75, 3.05) is 4.90 Å². The van der Waals surface area contributed by atoms with Gasteiger partial charge in [-0.25, -0.2) is 0 Å². The smallest absolute Gasteiger partial charge is 0.0540 e. The summed E-state index contributed by atoms with van der Waals surface area (Å²) in [5.74, 6) is 0.709. The zero-order valence-electron chi connectivity index (χ0n) is 35.8. The van der Waals surface area contributed by atoms with Crippen molar-refractivity contribution in [3.05, 3.63) is 240 Å². The van der Waals surface area contributed by atoms with Crippen molar-refractivity contribution in [2.24, 2.45) is 5.41 Å². The summed E-state index contributed by atoms with van der Waals surface area (Å²) in [6.45, 7) is 4.98. The molecule has 0 spiro atoms. The fourth-order valence-electron chi connectivity index (χ4n) is 11.9. The van der Waals surface area contributed by atoms with Gasteiger partial charge in [0, 0.05) is 33.4 Å². The minimum absolute atomic E-state index is 0.132. The predicted molar refractivity (Wildman–Crippen MR) is 263 cm³/mol. The topological polar surface area (TPSA) is 3.24 Å². The summed E-state index contributed by atoms with van der Waals surface area (Å²) in [5.41, 5.74) is 16.2. The van der Waals surface area contributed by atoms with E-state index in [9.17, 15) is 0 Å². The zero-order valence-corrected chi connectivity index (χ0v) is 35.8. The molecule has 0 amide bonds. The van der Waals surface area contributed by atoms with Gasteiger partial charge in [-0.15, -0.1) is 0 Å². The van der Waals surface area contributed by atoms with Crippen LogP contribution in [0.5, 0.6) is 0 Å². The first-order chi connectivity index (χ1) is 30.6. The van der Waals surface area contributed by atoms with Crippen molar-refractivity contribution in [3.63, 3.8) is 0 Å². The second-order valence-electron chi connectivity index (χ2n) is 18.1. The second kappa shape index (κ2) is 15.6. The Morgan fingerprint density at radius 3 is 1.76 bits per heavy atom. The Bertz CT molecular complexity index is 2980. The summed E-state index contributed by atoms with van der Waals surface area (Å²) in [7, 11) is 0. The second-order valence-corrected chi connectivity index (χ2v) is 18.1. The number of anilines is 3. The first-order valence-electron chi connectivity index (χ1n) is 22.8. The highest BCUT2D eigenvalue weighted by Crippen LogP contribution is 2.67. The molecule has 3 aliphatic rings. The van der Waals surface area contributed by atoms with Crippen LogP contribution in [0.3, 0.4) is 0 Å². The van der Waals surface area contributed by atoms with Crippen molar-refractivity contribution in [3.8, 4) is 22.3 Å². The minimum atomic E-state index is -0.239. The molecule has 302 valence electrons. The molecule has 8 aromatic rings. The lowest BCUT2D eigenvalue weighted by Gasteiger charge is -2.46. The van der Waals surface area contributed by atoms with E-state index < -0.39 is 0 Å². The van der Waals surface area contributed by atoms with Crippen molar-refractivity contribution in [1.29, 1.82) is 0 Å². The largest absolute Gasteiger partial charge is 0.309 e. The third kappa shape index (κ3) is 6.04. The number of hydrogen-bond donors (Lipinski definition) is 0. The van der Waals surface area contributed by atoms with E-state index in [-0.39, 0.29) is 16.7 Å². The van der Waals surface area contributed by atoms with Gasteiger partial charge in [0.15, 0.2) is 0 Å². The maximum atomic E-state index is 2.59. The molecule has 0 aliphatic heterocycles. The van der Waals surface area contributed by atoms with Gasteiger partial charge in [-0.05, 0) is 86.7 Å². The van der Waals surface area contributed by atoms with Crippen LogP contribution < -0.4 is 4.90 Å². The molecule has 8 aromatic carbocycles. The van der Waals surface area contributed by atoms with Crippen LogP contribution in [0.15, 0.2) is 212 Å². The predicted octanol–water partition coefficient (Wildman–Crippen LogP) is 16.8. The molecule has 0 aromatic heterocycles. The van der Waals surface area contributed by atoms with E-state index in [0.29, 0.717) is 5.92 Å². The number of nitrogens with zero attached hydrogens (tertiary/aromatic N) is 1. The highest BCUT2D eigenvalue weighted by Gasteiger charge is 2.58. The molecular formula is C61H53N. The normalized spacial score (nSPS) is 20.7. The lowest BCUT2D eigenvalue weighted by molar-refractivity contribution is 0.272. The van der Waals surface area contributed by atoms with E-state index in [0.717, 1.165) is 5.69 Å². The Kier molecular flexibility index (Phi) is 9.65. The summed E-state index contributed by atoms with van der Waals surface area (Å²) in [6, 6.07) is 72.7. The van der Waals surface area contributed by atoms with Gasteiger partial charge in [0.05, 0.1) is 17.1 Å². The van der Waals surface area contributed by atoms with Crippen molar-refractivity contribution in [1.82, 2.24) is 0 Å². The Labute approximate surface area is 367 Å². The minimum Gasteiger partial charge on any atom is -0.309 e. The van der Waals surface area contributed by atoms with E-state index in [1.165, 1.54) is 110 Å². The van der Waals surface area contributed by atoms with Crippen LogP contribution in [0.25, 0.3) is 38.6 Å². The first-order valence-corrected chi connectivity index (χ1v) is 22.8. The molecule has 0 bridgehead atoms. The third-order valence-corrected chi connectivity index (χ3v) is 15.0. The van der Waals surface area contributed by atoms with E-state index >= 15 is 0 Å². The van der Waals surface area contributed by atoms with E-state index in [2.05, 4.69) is 231 Å². The van der Waals surface area contributed by atoms with Crippen molar-refractivity contribution >= 4 is 33.4 Å². The van der Waals surface area contributed by atoms with Gasteiger partial charge < -0.3 is 4.90 Å². The first kappa shape index (κ1) is 38.2. The van der Waals surface area contributed by atoms with Gasteiger partial charge in [0.1, 0.15) is 0 Å². The van der Waals surface area contributed by atoms with Crippen LogP contribution in [0.4, 0.5) is 17.1 Å². The molecule has 3 unspecified atom stereocenters. The standard InChI is InChI=1S/C61H53N/c1-60-42-22-37-52(59(60)53-34-12-16-38-54(53)61(60,2)46-29-10-5-11-30-46)50-33-15-19-41-57(50)62(55-39-17-13-31-47(55)43-23-6-3-7-24-43)56-40-18-14-32-49(56)51-36-21-28-45-27-20-35-48(58(45)51)44-25-8-4-9-26-44/h3,5-7,10-24,27-42,44,59H,4,8-9,25-26H2,1-2H3. The molecule has 0 radical (unpaired) electrons. The highest BCUT2D eigenvalue weighted by molar-refractivity contribution is 6.05. The van der Waals surface area contributed by atoms with Crippen molar-refractivity contribution < 1.29 is 0 Å². The monoisotopic (exact) mass is 799 g/mol. The van der Waals surface area contributed by atoms with Gasteiger partial charge >= 0.3 is 0 Å². The van der Waals surface area contributed by atoms with Gasteiger partial charge in [-0.2, -0.15) is 0 Å². The molecule has 0 saturated heterocycles. The van der Waals surface area contributed by atoms with Crippen LogP contribution in [0, 0.1) is 5.41 Å². The SMILES string of the molecule is CC1(c2ccccc2)c2ccccc2C2C(c3ccccc3N(c3ccccc3-c3ccccc3)c3ccccc3-c3cccc4cccc(C5CCCCC5)c34)=CC=CC21C. The summed E-state index contributed by atoms with van der Waals surface area (Å²) < 4.78 is 0. The number of benzene rings is 8. The van der Waals surface area contributed by atoms with Crippen LogP contribution in [0.1, 0.15) is 85.6 Å². The van der Waals surface area contributed by atoms with Gasteiger partial charge in [-0.1, -0.05) is 227 Å². The summed E-state index contributed by atoms with van der Waals surface area (Å²) in [4.78, 5) is 2.59. The summed E-state index contributed by atoms with van der Waals surface area (Å²) >= 11 is 0. The van der Waals surface area contributed by atoms with Crippen LogP contribution >= 0.6 is 0 Å². The molecule has 1 saturated carbocycles. The molecule has 0 N–H and O–H groups in total. The van der Waals surface area contributed by atoms with Gasteiger partial charge in [0.25, 0.3) is 0 Å². The van der Waals surface area contributed by atoms with Gasteiger partial charge in [-0.3, -0.25) is 0 Å². The van der Waals surface area contributed by atoms with Gasteiger partial charge in [0.2, 0.25) is 0 Å². The molecule has 3 aliphatic carbocycles. The Balaban J connectivity index is 1.16. The molecular weight excluding hydrogens is 747 g/mol. The number of rotatable bonds is 8. The maximum absolute atomic E-state index is 2.59. The van der Waals surface area contributed by atoms with E-state index in [1.54, 1.807) is 0 Å². The van der Waals surface area contributed by atoms with E-state index in [4.69, 9.17) is 0 Å². The Hall–Kier alpha value is -6.70.